The molecular formula is C77H122O6. The van der Waals surface area contributed by atoms with Crippen LogP contribution in [0.15, 0.2) is 170 Å². The predicted octanol–water partition coefficient (Wildman–Crippen LogP) is 23.4. The van der Waals surface area contributed by atoms with Crippen molar-refractivity contribution in [1.29, 1.82) is 0 Å². The first-order chi connectivity index (χ1) is 41.0. The Labute approximate surface area is 511 Å². The fourth-order valence-electron chi connectivity index (χ4n) is 8.78. The molecule has 0 fully saturated rings. The zero-order valence-electron chi connectivity index (χ0n) is 53.4. The zero-order chi connectivity index (χ0) is 59.9. The van der Waals surface area contributed by atoms with Crippen LogP contribution in [0.3, 0.4) is 0 Å². The van der Waals surface area contributed by atoms with E-state index in [-0.39, 0.29) is 31.1 Å². The van der Waals surface area contributed by atoms with E-state index in [1.165, 1.54) is 57.8 Å². The summed E-state index contributed by atoms with van der Waals surface area (Å²) >= 11 is 0. The molecule has 1 atom stereocenters. The van der Waals surface area contributed by atoms with E-state index in [1.807, 2.05) is 0 Å². The fraction of sp³-hybridized carbons (Fsp3) is 0.597. The number of hydrogen-bond donors (Lipinski definition) is 0. The molecule has 0 saturated carbocycles. The smallest absolute Gasteiger partial charge is 0.306 e. The summed E-state index contributed by atoms with van der Waals surface area (Å²) in [6.45, 7) is 6.28. The Balaban J connectivity index is 4.49. The fourth-order valence-corrected chi connectivity index (χ4v) is 8.78. The summed E-state index contributed by atoms with van der Waals surface area (Å²) in [7, 11) is 0. The molecule has 0 rings (SSSR count). The Hall–Kier alpha value is -5.23. The molecule has 0 aromatic rings. The van der Waals surface area contributed by atoms with Crippen LogP contribution in [0.25, 0.3) is 0 Å². The Morgan fingerprint density at radius 2 is 0.434 bits per heavy atom. The van der Waals surface area contributed by atoms with E-state index < -0.39 is 6.10 Å². The van der Waals surface area contributed by atoms with Crippen LogP contribution in [-0.2, 0) is 28.6 Å². The monoisotopic (exact) mass is 1140 g/mol. The molecule has 466 valence electrons. The van der Waals surface area contributed by atoms with E-state index in [9.17, 15) is 14.4 Å². The van der Waals surface area contributed by atoms with Crippen LogP contribution in [0.4, 0.5) is 0 Å². The molecule has 0 amide bonds. The van der Waals surface area contributed by atoms with Gasteiger partial charge in [0.2, 0.25) is 0 Å². The van der Waals surface area contributed by atoms with Gasteiger partial charge in [0.15, 0.2) is 6.10 Å². The van der Waals surface area contributed by atoms with Crippen molar-refractivity contribution < 1.29 is 28.6 Å². The summed E-state index contributed by atoms with van der Waals surface area (Å²) in [5, 5.41) is 0. The standard InChI is InChI=1S/C77H122O6/c1-4-7-10-13-16-19-22-25-28-31-34-36-37-38-39-41-43-46-49-52-55-58-61-64-67-70-76(79)82-73-74(72-81-75(78)69-66-63-60-57-54-51-48-45-42-33-30-27-24-21-18-15-12-9-6-3)83-77(80)71-68-65-62-59-56-53-50-47-44-40-35-32-29-26-23-20-17-14-11-8-5-2/h7-12,16-21,25-30,34-36,38-40,42-43,45-46,74H,4-6,13-15,22-24,31-33,37,41,44,47-73H2,1-3H3/b10-7-,11-8-,12-9-,19-16-,20-17-,21-18-,28-25-,29-26-,30-27-,36-34-,39-38-,40-35-,45-42-,46-43-. The molecule has 0 heterocycles. The molecule has 0 radical (unpaired) electrons. The summed E-state index contributed by atoms with van der Waals surface area (Å²) in [6, 6.07) is 0. The molecule has 0 aliphatic carbocycles. The number of carbonyl (C=O) groups excluding carboxylic acids is 3. The van der Waals surface area contributed by atoms with E-state index in [1.54, 1.807) is 0 Å². The molecular weight excluding hydrogens is 1020 g/mol. The highest BCUT2D eigenvalue weighted by Crippen LogP contribution is 2.15. The van der Waals surface area contributed by atoms with Gasteiger partial charge in [-0.2, -0.15) is 0 Å². The predicted molar refractivity (Wildman–Crippen MR) is 361 cm³/mol. The van der Waals surface area contributed by atoms with Crippen molar-refractivity contribution in [2.45, 2.75) is 284 Å². The molecule has 0 spiro atoms. The zero-order valence-corrected chi connectivity index (χ0v) is 53.4. The molecule has 0 N–H and O–H groups in total. The van der Waals surface area contributed by atoms with Crippen LogP contribution in [0, 0.1) is 0 Å². The summed E-state index contributed by atoms with van der Waals surface area (Å²) in [5.41, 5.74) is 0. The van der Waals surface area contributed by atoms with E-state index >= 15 is 0 Å². The van der Waals surface area contributed by atoms with Gasteiger partial charge in [0.05, 0.1) is 0 Å². The lowest BCUT2D eigenvalue weighted by Gasteiger charge is -2.18. The third-order valence-corrected chi connectivity index (χ3v) is 13.7. The Bertz CT molecular complexity index is 1890. The van der Waals surface area contributed by atoms with E-state index in [0.717, 1.165) is 180 Å². The number of esters is 3. The molecule has 83 heavy (non-hydrogen) atoms. The second-order valence-corrected chi connectivity index (χ2v) is 21.6. The number of rotatable bonds is 59. The molecule has 0 aromatic carbocycles. The molecule has 0 aliphatic heterocycles. The SMILES string of the molecule is CC/C=C\C/C=C\C/C=C\C/C=C\C/C=C\C/C=C\CCCCCCCCC(=O)OCC(COC(=O)CCCCCCCC/C=C\C/C=C\C/C=C\C/C=C\CC)OC(=O)CCCCCCCCCC/C=C\C/C=C\C/C=C\C/C=C\CC. The van der Waals surface area contributed by atoms with Crippen LogP contribution in [0.5, 0.6) is 0 Å². The van der Waals surface area contributed by atoms with Crippen LogP contribution in [0.1, 0.15) is 278 Å². The Morgan fingerprint density at radius 3 is 0.675 bits per heavy atom. The van der Waals surface area contributed by atoms with Crippen molar-refractivity contribution in [3.63, 3.8) is 0 Å². The molecule has 1 unspecified atom stereocenters. The van der Waals surface area contributed by atoms with E-state index in [0.29, 0.717) is 19.3 Å². The first-order valence-electron chi connectivity index (χ1n) is 33.6. The Morgan fingerprint density at radius 1 is 0.241 bits per heavy atom. The molecule has 0 bridgehead atoms. The quantitative estimate of drug-likeness (QED) is 0.0261. The lowest BCUT2D eigenvalue weighted by Crippen LogP contribution is -2.30. The number of hydrogen-bond acceptors (Lipinski definition) is 6. The van der Waals surface area contributed by atoms with Gasteiger partial charge in [0, 0.05) is 19.3 Å². The van der Waals surface area contributed by atoms with Crippen LogP contribution in [0.2, 0.25) is 0 Å². The molecule has 6 nitrogen and oxygen atoms in total. The van der Waals surface area contributed by atoms with E-state index in [2.05, 4.69) is 191 Å². The largest absolute Gasteiger partial charge is 0.462 e. The Kier molecular flexibility index (Phi) is 64.9. The normalized spacial score (nSPS) is 13.2. The highest BCUT2D eigenvalue weighted by molar-refractivity contribution is 5.71. The summed E-state index contributed by atoms with van der Waals surface area (Å²) in [5.74, 6) is -0.937. The van der Waals surface area contributed by atoms with Gasteiger partial charge in [0.25, 0.3) is 0 Å². The summed E-state index contributed by atoms with van der Waals surface area (Å²) in [6.07, 6.45) is 102. The number of unbranched alkanes of at least 4 members (excludes halogenated alkanes) is 20. The minimum Gasteiger partial charge on any atom is -0.462 e. The van der Waals surface area contributed by atoms with Gasteiger partial charge < -0.3 is 14.2 Å². The van der Waals surface area contributed by atoms with Crippen molar-refractivity contribution in [2.24, 2.45) is 0 Å². The lowest BCUT2D eigenvalue weighted by atomic mass is 10.1. The third-order valence-electron chi connectivity index (χ3n) is 13.7. The third kappa shape index (κ3) is 67.4. The first-order valence-corrected chi connectivity index (χ1v) is 33.6. The second-order valence-electron chi connectivity index (χ2n) is 21.6. The van der Waals surface area contributed by atoms with Gasteiger partial charge >= 0.3 is 17.9 Å². The van der Waals surface area contributed by atoms with Crippen LogP contribution >= 0.6 is 0 Å². The maximum absolute atomic E-state index is 13.0. The van der Waals surface area contributed by atoms with Gasteiger partial charge in [-0.1, -0.05) is 281 Å². The van der Waals surface area contributed by atoms with E-state index in [4.69, 9.17) is 14.2 Å². The van der Waals surface area contributed by atoms with Gasteiger partial charge in [-0.3, -0.25) is 14.4 Å². The number of allylic oxidation sites excluding steroid dienone is 28. The molecule has 6 heteroatoms. The van der Waals surface area contributed by atoms with Crippen molar-refractivity contribution in [3.05, 3.63) is 170 Å². The van der Waals surface area contributed by atoms with Crippen molar-refractivity contribution in [2.75, 3.05) is 13.2 Å². The van der Waals surface area contributed by atoms with Crippen molar-refractivity contribution in [1.82, 2.24) is 0 Å². The average molecular weight is 1140 g/mol. The van der Waals surface area contributed by atoms with Crippen LogP contribution in [-0.4, -0.2) is 37.2 Å². The van der Waals surface area contributed by atoms with Crippen LogP contribution < -0.4 is 0 Å². The first kappa shape index (κ1) is 77.8. The van der Waals surface area contributed by atoms with Gasteiger partial charge in [0.1, 0.15) is 13.2 Å². The number of carbonyl (C=O) groups is 3. The van der Waals surface area contributed by atoms with Crippen molar-refractivity contribution >= 4 is 17.9 Å². The maximum Gasteiger partial charge on any atom is 0.306 e. The highest BCUT2D eigenvalue weighted by Gasteiger charge is 2.19. The van der Waals surface area contributed by atoms with Crippen molar-refractivity contribution in [3.8, 4) is 0 Å². The molecule has 0 aliphatic rings. The van der Waals surface area contributed by atoms with Gasteiger partial charge in [-0.15, -0.1) is 0 Å². The maximum atomic E-state index is 13.0. The molecule has 0 aromatic heterocycles. The molecule has 0 saturated heterocycles. The summed E-state index contributed by atoms with van der Waals surface area (Å²) in [4.78, 5) is 38.5. The lowest BCUT2D eigenvalue weighted by molar-refractivity contribution is -0.167. The average Bonchev–Trinajstić information content (AvgIpc) is 3.50. The number of ether oxygens (including phenoxy) is 3. The second kappa shape index (κ2) is 69.3. The van der Waals surface area contributed by atoms with Gasteiger partial charge in [-0.25, -0.2) is 0 Å². The minimum atomic E-state index is -0.807. The highest BCUT2D eigenvalue weighted by atomic mass is 16.6. The minimum absolute atomic E-state index is 0.101. The van der Waals surface area contributed by atoms with Gasteiger partial charge in [-0.05, 0) is 148 Å². The summed E-state index contributed by atoms with van der Waals surface area (Å²) < 4.78 is 17.0. The topological polar surface area (TPSA) is 78.9 Å².